The van der Waals surface area contributed by atoms with E-state index in [-0.39, 0.29) is 17.3 Å². The second kappa shape index (κ2) is 8.94. The van der Waals surface area contributed by atoms with Gasteiger partial charge >= 0.3 is 11.9 Å². The summed E-state index contributed by atoms with van der Waals surface area (Å²) in [4.78, 5) is 27.2. The molecule has 3 aliphatic carbocycles. The van der Waals surface area contributed by atoms with E-state index in [0.717, 1.165) is 19.3 Å². The van der Waals surface area contributed by atoms with Crippen LogP contribution >= 0.6 is 0 Å². The second-order valence-electron chi connectivity index (χ2n) is 10.9. The molecule has 1 saturated carbocycles. The van der Waals surface area contributed by atoms with Crippen molar-refractivity contribution in [2.24, 2.45) is 0 Å². The summed E-state index contributed by atoms with van der Waals surface area (Å²) in [7, 11) is 0. The maximum absolute atomic E-state index is 13.6. The van der Waals surface area contributed by atoms with E-state index in [1.807, 2.05) is 42.5 Å². The normalized spacial score (nSPS) is 27.1. The Morgan fingerprint density at radius 1 is 0.667 bits per heavy atom. The van der Waals surface area contributed by atoms with Crippen molar-refractivity contribution >= 4 is 11.9 Å². The Kier molecular flexibility index (Phi) is 5.48. The van der Waals surface area contributed by atoms with Gasteiger partial charge in [-0.05, 0) is 52.9 Å². The highest BCUT2D eigenvalue weighted by atomic mass is 16.6. The van der Waals surface area contributed by atoms with Crippen molar-refractivity contribution in [2.45, 2.75) is 55.1 Å². The molecule has 1 spiro atoms. The molecule has 0 radical (unpaired) electrons. The smallest absolute Gasteiger partial charge is 0.338 e. The van der Waals surface area contributed by atoms with Gasteiger partial charge in [0.25, 0.3) is 0 Å². The molecule has 0 aliphatic heterocycles. The molecule has 194 valence electrons. The molecule has 3 unspecified atom stereocenters. The molecule has 1 fully saturated rings. The van der Waals surface area contributed by atoms with E-state index in [1.54, 1.807) is 24.3 Å². The maximum atomic E-state index is 13.6. The molecule has 0 saturated heterocycles. The van der Waals surface area contributed by atoms with E-state index < -0.39 is 23.6 Å². The summed E-state index contributed by atoms with van der Waals surface area (Å²) >= 11 is 0. The first kappa shape index (κ1) is 23.9. The Labute approximate surface area is 228 Å². The third-order valence-electron chi connectivity index (χ3n) is 9.26. The van der Waals surface area contributed by atoms with Crippen LogP contribution in [0.2, 0.25) is 0 Å². The standard InChI is InChI=1S/C35H30O4/c1-2-3-22-34-27-20-12-13-21-28(27)35(34)26-19-11-10-18-25(26)29(35)30(38-32(36)23-14-6-4-7-15-23)31(34)39-33(37)24-16-8-5-9-17-24/h4-21,29-31H,2-3,22H2,1H3/t29?,30?,31?,34-,35+/m0/s1. The lowest BCUT2D eigenvalue weighted by Crippen LogP contribution is -2.65. The summed E-state index contributed by atoms with van der Waals surface area (Å²) in [5.74, 6) is -0.874. The lowest BCUT2D eigenvalue weighted by Gasteiger charge is -2.65. The lowest BCUT2D eigenvalue weighted by atomic mass is 9.36. The predicted molar refractivity (Wildman–Crippen MR) is 149 cm³/mol. The summed E-state index contributed by atoms with van der Waals surface area (Å²) in [5, 5.41) is 0. The van der Waals surface area contributed by atoms with E-state index >= 15 is 0 Å². The fourth-order valence-corrected chi connectivity index (χ4v) is 7.89. The van der Waals surface area contributed by atoms with Crippen molar-refractivity contribution in [3.8, 4) is 0 Å². The van der Waals surface area contributed by atoms with Crippen LogP contribution in [0.25, 0.3) is 0 Å². The molecule has 0 N–H and O–H groups in total. The van der Waals surface area contributed by atoms with E-state index in [4.69, 9.17) is 9.47 Å². The Balaban J connectivity index is 1.41. The van der Waals surface area contributed by atoms with Gasteiger partial charge in [-0.15, -0.1) is 0 Å². The number of carbonyl (C=O) groups is 2. The van der Waals surface area contributed by atoms with Gasteiger partial charge in [0.15, 0.2) is 6.10 Å². The molecular weight excluding hydrogens is 484 g/mol. The summed E-state index contributed by atoms with van der Waals surface area (Å²) in [6.45, 7) is 2.19. The van der Waals surface area contributed by atoms with Crippen molar-refractivity contribution in [2.75, 3.05) is 0 Å². The van der Waals surface area contributed by atoms with Crippen LogP contribution in [0, 0.1) is 0 Å². The third-order valence-corrected chi connectivity index (χ3v) is 9.26. The van der Waals surface area contributed by atoms with Gasteiger partial charge in [0.2, 0.25) is 0 Å². The first-order valence-electron chi connectivity index (χ1n) is 13.9. The van der Waals surface area contributed by atoms with Gasteiger partial charge in [-0.3, -0.25) is 0 Å². The summed E-state index contributed by atoms with van der Waals surface area (Å²) < 4.78 is 13.0. The number of hydrogen-bond acceptors (Lipinski definition) is 4. The molecule has 3 aliphatic rings. The van der Waals surface area contributed by atoms with Crippen LogP contribution < -0.4 is 0 Å². The number of fused-ring (bicyclic) bond motifs is 4. The Morgan fingerprint density at radius 3 is 1.85 bits per heavy atom. The van der Waals surface area contributed by atoms with Crippen molar-refractivity contribution in [1.82, 2.24) is 0 Å². The van der Waals surface area contributed by atoms with E-state index in [9.17, 15) is 9.59 Å². The first-order chi connectivity index (χ1) is 19.1. The molecule has 4 nitrogen and oxygen atoms in total. The molecule has 39 heavy (non-hydrogen) atoms. The highest BCUT2D eigenvalue weighted by molar-refractivity contribution is 5.91. The average Bonchev–Trinajstić information content (AvgIpc) is 3.13. The quantitative estimate of drug-likeness (QED) is 0.250. The largest absolute Gasteiger partial charge is 0.454 e. The number of esters is 2. The molecular formula is C35H30O4. The van der Waals surface area contributed by atoms with E-state index in [2.05, 4.69) is 49.4 Å². The minimum absolute atomic E-state index is 0.0957. The minimum atomic E-state index is -0.628. The molecule has 4 aromatic carbocycles. The van der Waals surface area contributed by atoms with Gasteiger partial charge in [0.05, 0.1) is 16.5 Å². The lowest BCUT2D eigenvalue weighted by molar-refractivity contribution is -0.0487. The number of hydrogen-bond donors (Lipinski definition) is 0. The van der Waals surface area contributed by atoms with Crippen molar-refractivity contribution in [1.29, 1.82) is 0 Å². The molecule has 7 rings (SSSR count). The highest BCUT2D eigenvalue weighted by Gasteiger charge is 2.83. The highest BCUT2D eigenvalue weighted by Crippen LogP contribution is 2.80. The SMILES string of the molecule is CCCC[C@@]12c3ccccc3[C@@]13c1ccccc1C3C(OC(=O)c1ccccc1)C2OC(=O)c1ccccc1. The minimum Gasteiger partial charge on any atom is -0.454 e. The zero-order valence-electron chi connectivity index (χ0n) is 21.9. The Morgan fingerprint density at radius 2 is 1.21 bits per heavy atom. The molecule has 5 atom stereocenters. The summed E-state index contributed by atoms with van der Waals surface area (Å²) in [6, 6.07) is 35.2. The van der Waals surface area contributed by atoms with Gasteiger partial charge < -0.3 is 9.47 Å². The van der Waals surface area contributed by atoms with Gasteiger partial charge in [0, 0.05) is 11.3 Å². The number of unbranched alkanes of at least 4 members (excludes halogenated alkanes) is 1. The molecule has 0 aromatic heterocycles. The Bertz CT molecular complexity index is 1560. The molecule has 0 heterocycles. The molecule has 4 heteroatoms. The van der Waals surface area contributed by atoms with E-state index in [0.29, 0.717) is 11.1 Å². The van der Waals surface area contributed by atoms with Crippen LogP contribution in [0.1, 0.15) is 75.1 Å². The monoisotopic (exact) mass is 514 g/mol. The fourth-order valence-electron chi connectivity index (χ4n) is 7.89. The van der Waals surface area contributed by atoms with Crippen molar-refractivity contribution < 1.29 is 19.1 Å². The topological polar surface area (TPSA) is 52.6 Å². The van der Waals surface area contributed by atoms with Gasteiger partial charge in [-0.1, -0.05) is 105 Å². The molecule has 4 aromatic rings. The van der Waals surface area contributed by atoms with Crippen LogP contribution in [-0.2, 0) is 20.3 Å². The van der Waals surface area contributed by atoms with E-state index in [1.165, 1.54) is 22.3 Å². The Hall–Kier alpha value is -4.18. The van der Waals surface area contributed by atoms with Crippen LogP contribution in [0.15, 0.2) is 109 Å². The maximum Gasteiger partial charge on any atom is 0.338 e. The third kappa shape index (κ3) is 3.06. The second-order valence-corrected chi connectivity index (χ2v) is 10.9. The van der Waals surface area contributed by atoms with Gasteiger partial charge in [-0.2, -0.15) is 0 Å². The van der Waals surface area contributed by atoms with Gasteiger partial charge in [-0.25, -0.2) is 9.59 Å². The van der Waals surface area contributed by atoms with Crippen molar-refractivity contribution in [3.05, 3.63) is 143 Å². The number of carbonyl (C=O) groups excluding carboxylic acids is 2. The predicted octanol–water partition coefficient (Wildman–Crippen LogP) is 6.98. The summed E-state index contributed by atoms with van der Waals surface area (Å²) in [6.07, 6.45) is 1.59. The van der Waals surface area contributed by atoms with Crippen LogP contribution in [0.3, 0.4) is 0 Å². The van der Waals surface area contributed by atoms with Crippen molar-refractivity contribution in [3.63, 3.8) is 0 Å². The zero-order valence-corrected chi connectivity index (χ0v) is 21.9. The zero-order chi connectivity index (χ0) is 26.6. The van der Waals surface area contributed by atoms with Gasteiger partial charge in [0.1, 0.15) is 6.10 Å². The summed E-state index contributed by atoms with van der Waals surface area (Å²) in [5.41, 5.74) is 5.07. The fraction of sp³-hybridized carbons (Fsp3) is 0.257. The number of ether oxygens (including phenoxy) is 2. The molecule has 0 bridgehead atoms. The average molecular weight is 515 g/mol. The first-order valence-corrected chi connectivity index (χ1v) is 13.9. The van der Waals surface area contributed by atoms with Crippen LogP contribution in [0.5, 0.6) is 0 Å². The molecule has 0 amide bonds. The van der Waals surface area contributed by atoms with Crippen LogP contribution in [-0.4, -0.2) is 24.1 Å². The van der Waals surface area contributed by atoms with Crippen LogP contribution in [0.4, 0.5) is 0 Å². The number of benzene rings is 4. The number of rotatable bonds is 7.